The van der Waals surface area contributed by atoms with Crippen LogP contribution < -0.4 is 10.6 Å². The molecule has 0 bridgehead atoms. The van der Waals surface area contributed by atoms with E-state index in [0.29, 0.717) is 18.8 Å². The van der Waals surface area contributed by atoms with Gasteiger partial charge in [0, 0.05) is 37.6 Å². The molecular formula is C18H26ClN3O3. The van der Waals surface area contributed by atoms with Crippen molar-refractivity contribution in [1.82, 2.24) is 10.2 Å². The Balaban J connectivity index is 0.00000225. The fraction of sp³-hybridized carbons (Fsp3) is 0.556. The highest BCUT2D eigenvalue weighted by molar-refractivity contribution is 5.97. The average Bonchev–Trinajstić information content (AvgIpc) is 3.17. The van der Waals surface area contributed by atoms with Crippen molar-refractivity contribution in [3.8, 4) is 0 Å². The first-order chi connectivity index (χ1) is 11.6. The summed E-state index contributed by atoms with van der Waals surface area (Å²) in [7, 11) is 1.85. The first kappa shape index (κ1) is 19.7. The number of rotatable bonds is 4. The molecule has 2 saturated heterocycles. The van der Waals surface area contributed by atoms with Crippen LogP contribution in [0.3, 0.4) is 0 Å². The maximum atomic E-state index is 12.6. The molecule has 2 aliphatic rings. The Morgan fingerprint density at radius 1 is 1.16 bits per heavy atom. The molecule has 0 saturated carbocycles. The smallest absolute Gasteiger partial charge is 0.253 e. The molecule has 2 heterocycles. The van der Waals surface area contributed by atoms with Crippen molar-refractivity contribution in [2.75, 3.05) is 32.1 Å². The quantitative estimate of drug-likeness (QED) is 0.854. The van der Waals surface area contributed by atoms with Crippen molar-refractivity contribution in [3.05, 3.63) is 29.8 Å². The summed E-state index contributed by atoms with van der Waals surface area (Å²) in [6.45, 7) is 2.31. The minimum atomic E-state index is -0.106. The van der Waals surface area contributed by atoms with Crippen LogP contribution in [0.5, 0.6) is 0 Å². The number of hydrogen-bond donors (Lipinski definition) is 2. The lowest BCUT2D eigenvalue weighted by Crippen LogP contribution is -2.40. The fourth-order valence-electron chi connectivity index (χ4n) is 3.28. The monoisotopic (exact) mass is 367 g/mol. The number of anilines is 1. The number of halogens is 1. The van der Waals surface area contributed by atoms with Gasteiger partial charge in [-0.2, -0.15) is 0 Å². The van der Waals surface area contributed by atoms with Crippen LogP contribution in [-0.4, -0.2) is 55.6 Å². The average molecular weight is 368 g/mol. The van der Waals surface area contributed by atoms with E-state index in [-0.39, 0.29) is 36.3 Å². The molecule has 0 aromatic heterocycles. The molecule has 1 aromatic rings. The zero-order chi connectivity index (χ0) is 16.9. The lowest BCUT2D eigenvalue weighted by molar-refractivity contribution is -0.117. The maximum Gasteiger partial charge on any atom is 0.253 e. The van der Waals surface area contributed by atoms with Crippen molar-refractivity contribution in [2.24, 2.45) is 0 Å². The highest BCUT2D eigenvalue weighted by Gasteiger charge is 2.24. The lowest BCUT2D eigenvalue weighted by atomic mass is 10.1. The van der Waals surface area contributed by atoms with E-state index in [1.165, 1.54) is 0 Å². The number of carbonyl (C=O) groups is 2. The Labute approximate surface area is 154 Å². The molecule has 2 aliphatic heterocycles. The number of benzene rings is 1. The third-order valence-corrected chi connectivity index (χ3v) is 4.84. The Morgan fingerprint density at radius 3 is 2.44 bits per heavy atom. The molecule has 1 unspecified atom stereocenters. The van der Waals surface area contributed by atoms with Crippen LogP contribution in [0.1, 0.15) is 36.0 Å². The van der Waals surface area contributed by atoms with Gasteiger partial charge in [0.05, 0.1) is 6.04 Å². The molecule has 6 nitrogen and oxygen atoms in total. The van der Waals surface area contributed by atoms with E-state index in [4.69, 9.17) is 4.74 Å². The van der Waals surface area contributed by atoms with E-state index in [2.05, 4.69) is 10.6 Å². The van der Waals surface area contributed by atoms with Crippen LogP contribution in [0.25, 0.3) is 0 Å². The van der Waals surface area contributed by atoms with Gasteiger partial charge in [0.2, 0.25) is 5.91 Å². The number of carbonyl (C=O) groups excluding carboxylic acids is 2. The highest BCUT2D eigenvalue weighted by atomic mass is 35.5. The van der Waals surface area contributed by atoms with Crippen LogP contribution in [-0.2, 0) is 9.53 Å². The van der Waals surface area contributed by atoms with Gasteiger partial charge in [-0.3, -0.25) is 9.59 Å². The zero-order valence-electron chi connectivity index (χ0n) is 14.5. The van der Waals surface area contributed by atoms with Crippen molar-refractivity contribution in [3.63, 3.8) is 0 Å². The summed E-state index contributed by atoms with van der Waals surface area (Å²) in [6.07, 6.45) is 3.66. The van der Waals surface area contributed by atoms with Gasteiger partial charge in [-0.1, -0.05) is 0 Å². The summed E-state index contributed by atoms with van der Waals surface area (Å²) in [5.74, 6) is 0.00290. The van der Waals surface area contributed by atoms with Crippen LogP contribution in [0.2, 0.25) is 0 Å². The van der Waals surface area contributed by atoms with Gasteiger partial charge >= 0.3 is 0 Å². The third-order valence-electron chi connectivity index (χ3n) is 4.84. The third kappa shape index (κ3) is 4.93. The van der Waals surface area contributed by atoms with E-state index in [1.807, 2.05) is 7.05 Å². The van der Waals surface area contributed by atoms with Crippen molar-refractivity contribution in [2.45, 2.75) is 37.8 Å². The standard InChI is InChI=1S/C18H25N3O3.ClH/c1-21(15-8-11-24-12-9-15)18(23)13-4-6-14(7-5-13)20-17(22)16-3-2-10-19-16;/h4-7,15-16,19H,2-3,8-12H2,1H3,(H,20,22);1H. The minimum Gasteiger partial charge on any atom is -0.381 e. The second-order valence-corrected chi connectivity index (χ2v) is 6.48. The number of nitrogens with one attached hydrogen (secondary N) is 2. The van der Waals surface area contributed by atoms with Gasteiger partial charge in [0.1, 0.15) is 0 Å². The Kier molecular flexibility index (Phi) is 7.23. The summed E-state index contributed by atoms with van der Waals surface area (Å²) in [5.41, 5.74) is 1.36. The first-order valence-corrected chi connectivity index (χ1v) is 8.64. The summed E-state index contributed by atoms with van der Waals surface area (Å²) in [4.78, 5) is 26.5. The largest absolute Gasteiger partial charge is 0.381 e. The first-order valence-electron chi connectivity index (χ1n) is 8.64. The van der Waals surface area contributed by atoms with Crippen LogP contribution in [0.15, 0.2) is 24.3 Å². The van der Waals surface area contributed by atoms with E-state index in [1.54, 1.807) is 29.2 Å². The second kappa shape index (κ2) is 9.17. The molecule has 0 spiro atoms. The van der Waals surface area contributed by atoms with E-state index in [0.717, 1.165) is 37.9 Å². The van der Waals surface area contributed by atoms with Crippen LogP contribution in [0, 0.1) is 0 Å². The molecule has 3 rings (SSSR count). The van der Waals surface area contributed by atoms with E-state index >= 15 is 0 Å². The van der Waals surface area contributed by atoms with E-state index < -0.39 is 0 Å². The molecule has 2 fully saturated rings. The summed E-state index contributed by atoms with van der Waals surface area (Å²) >= 11 is 0. The fourth-order valence-corrected chi connectivity index (χ4v) is 3.28. The second-order valence-electron chi connectivity index (χ2n) is 6.48. The van der Waals surface area contributed by atoms with E-state index in [9.17, 15) is 9.59 Å². The molecule has 0 aliphatic carbocycles. The molecule has 25 heavy (non-hydrogen) atoms. The van der Waals surface area contributed by atoms with Crippen molar-refractivity contribution in [1.29, 1.82) is 0 Å². The number of nitrogens with zero attached hydrogens (tertiary/aromatic N) is 1. The van der Waals surface area contributed by atoms with Crippen molar-refractivity contribution >= 4 is 29.9 Å². The highest BCUT2D eigenvalue weighted by Crippen LogP contribution is 2.18. The molecule has 7 heteroatoms. The SMILES string of the molecule is CN(C(=O)c1ccc(NC(=O)C2CCCN2)cc1)C1CCOCC1.Cl. The van der Waals surface area contributed by atoms with Gasteiger partial charge in [0.15, 0.2) is 0 Å². The van der Waals surface area contributed by atoms with Crippen LogP contribution in [0.4, 0.5) is 5.69 Å². The van der Waals surface area contributed by atoms with Crippen molar-refractivity contribution < 1.29 is 14.3 Å². The molecular weight excluding hydrogens is 342 g/mol. The van der Waals surface area contributed by atoms with Crippen LogP contribution >= 0.6 is 12.4 Å². The predicted molar refractivity (Wildman–Crippen MR) is 99.3 cm³/mol. The molecule has 1 aromatic carbocycles. The minimum absolute atomic E-state index is 0. The molecule has 0 radical (unpaired) electrons. The summed E-state index contributed by atoms with van der Waals surface area (Å²) < 4.78 is 5.35. The van der Waals surface area contributed by atoms with Gasteiger partial charge in [0.25, 0.3) is 5.91 Å². The lowest BCUT2D eigenvalue weighted by Gasteiger charge is -2.31. The summed E-state index contributed by atoms with van der Waals surface area (Å²) in [5, 5.41) is 6.07. The Hall–Kier alpha value is -1.63. The van der Waals surface area contributed by atoms with Gasteiger partial charge in [-0.25, -0.2) is 0 Å². The summed E-state index contributed by atoms with van der Waals surface area (Å²) in [6, 6.07) is 7.26. The Morgan fingerprint density at radius 2 is 1.84 bits per heavy atom. The normalized spacial score (nSPS) is 20.6. The molecule has 138 valence electrons. The van der Waals surface area contributed by atoms with Gasteiger partial charge < -0.3 is 20.3 Å². The predicted octanol–water partition coefficient (Wildman–Crippen LogP) is 2.05. The molecule has 2 amide bonds. The Bertz CT molecular complexity index is 582. The molecule has 1 atom stereocenters. The number of ether oxygens (including phenoxy) is 1. The number of hydrogen-bond acceptors (Lipinski definition) is 4. The van der Waals surface area contributed by atoms with Gasteiger partial charge in [-0.15, -0.1) is 12.4 Å². The number of amides is 2. The van der Waals surface area contributed by atoms with Gasteiger partial charge in [-0.05, 0) is 56.5 Å². The maximum absolute atomic E-state index is 12.6. The topological polar surface area (TPSA) is 70.7 Å². The zero-order valence-corrected chi connectivity index (χ0v) is 15.3. The molecule has 2 N–H and O–H groups in total.